The Morgan fingerprint density at radius 2 is 1.90 bits per heavy atom. The molecule has 0 saturated carbocycles. The van der Waals surface area contributed by atoms with Crippen LogP contribution in [-0.2, 0) is 10.0 Å². The van der Waals surface area contributed by atoms with Crippen molar-refractivity contribution in [1.29, 1.82) is 0 Å². The Morgan fingerprint density at radius 1 is 1.38 bits per heavy atom. The predicted molar refractivity (Wildman–Crippen MR) is 68.3 cm³/mol. The van der Waals surface area contributed by atoms with Crippen molar-refractivity contribution in [3.05, 3.63) is 22.7 Å². The molecule has 0 amide bonds. The summed E-state index contributed by atoms with van der Waals surface area (Å²) in [5, 5.41) is 8.21. The summed E-state index contributed by atoms with van der Waals surface area (Å²) in [6.07, 6.45) is -4.32. The summed E-state index contributed by atoms with van der Waals surface area (Å²) >= 11 is 5.67. The van der Waals surface area contributed by atoms with Crippen molar-refractivity contribution in [2.24, 2.45) is 0 Å². The summed E-state index contributed by atoms with van der Waals surface area (Å²) in [6, 6.07) is 1.46. The molecule has 1 N–H and O–H groups in total. The summed E-state index contributed by atoms with van der Waals surface area (Å²) in [5.74, 6) is -2.46. The van der Waals surface area contributed by atoms with Crippen LogP contribution in [0.1, 0.15) is 10.4 Å². The first-order valence-electron chi connectivity index (χ1n) is 5.10. The van der Waals surface area contributed by atoms with Crippen molar-refractivity contribution in [2.45, 2.75) is 6.36 Å². The van der Waals surface area contributed by atoms with Crippen molar-refractivity contribution in [3.63, 3.8) is 0 Å². The highest BCUT2D eigenvalue weighted by atomic mass is 35.5. The number of carboxylic acid groups (broad SMARTS) is 1. The highest BCUT2D eigenvalue weighted by Gasteiger charge is 2.34. The average molecular weight is 348 g/mol. The Kier molecular flexibility index (Phi) is 4.63. The summed E-state index contributed by atoms with van der Waals surface area (Å²) in [4.78, 5) is 11.1. The molecule has 6 nitrogen and oxygen atoms in total. The zero-order chi connectivity index (χ0) is 16.6. The van der Waals surface area contributed by atoms with Crippen molar-refractivity contribution < 1.29 is 36.2 Å². The standard InChI is InChI=1S/C10H9ClF3NO5S/c1-15(21(2,18)19)8-5(9(16)17)3-4-6(7(8)11)20-10(12,13)14/h3-4H,1-2H3,(H,16,17). The summed E-state index contributed by atoms with van der Waals surface area (Å²) in [5.41, 5.74) is -1.20. The summed E-state index contributed by atoms with van der Waals surface area (Å²) in [6.45, 7) is 0. The molecule has 0 radical (unpaired) electrons. The second-order valence-electron chi connectivity index (χ2n) is 3.86. The van der Waals surface area contributed by atoms with Crippen LogP contribution in [0.5, 0.6) is 5.75 Å². The first kappa shape index (κ1) is 17.4. The fourth-order valence-corrected chi connectivity index (χ4v) is 2.30. The molecule has 0 saturated heterocycles. The van der Waals surface area contributed by atoms with Gasteiger partial charge in [0, 0.05) is 7.05 Å². The van der Waals surface area contributed by atoms with Gasteiger partial charge in [-0.2, -0.15) is 0 Å². The van der Waals surface area contributed by atoms with E-state index in [2.05, 4.69) is 4.74 Å². The highest BCUT2D eigenvalue weighted by molar-refractivity contribution is 7.92. The molecule has 0 aromatic heterocycles. The lowest BCUT2D eigenvalue weighted by molar-refractivity contribution is -0.274. The second kappa shape index (κ2) is 5.60. The minimum Gasteiger partial charge on any atom is -0.478 e. The molecule has 0 atom stereocenters. The van der Waals surface area contributed by atoms with Crippen LogP contribution in [0.25, 0.3) is 0 Å². The Morgan fingerprint density at radius 3 is 2.29 bits per heavy atom. The largest absolute Gasteiger partial charge is 0.573 e. The van der Waals surface area contributed by atoms with Crippen LogP contribution < -0.4 is 9.04 Å². The van der Waals surface area contributed by atoms with Gasteiger partial charge in [0.05, 0.1) is 17.5 Å². The number of sulfonamides is 1. The third kappa shape index (κ3) is 4.14. The molecule has 0 unspecified atom stereocenters. The third-order valence-electron chi connectivity index (χ3n) is 2.35. The highest BCUT2D eigenvalue weighted by Crippen LogP contribution is 2.40. The number of anilines is 1. The molecule has 0 spiro atoms. The van der Waals surface area contributed by atoms with E-state index >= 15 is 0 Å². The normalized spacial score (nSPS) is 12.1. The van der Waals surface area contributed by atoms with Gasteiger partial charge in [-0.15, -0.1) is 13.2 Å². The van der Waals surface area contributed by atoms with E-state index in [-0.39, 0.29) is 0 Å². The Bertz CT molecular complexity index is 674. The Labute approximate surface area is 122 Å². The van der Waals surface area contributed by atoms with Gasteiger partial charge in [0.1, 0.15) is 10.8 Å². The van der Waals surface area contributed by atoms with Crippen LogP contribution in [-0.4, -0.2) is 39.2 Å². The molecular formula is C10H9ClF3NO5S. The lowest BCUT2D eigenvalue weighted by atomic mass is 10.1. The minimum atomic E-state index is -5.06. The molecule has 21 heavy (non-hydrogen) atoms. The maximum absolute atomic E-state index is 12.2. The number of carbonyl (C=O) groups is 1. The van der Waals surface area contributed by atoms with Gasteiger partial charge in [0.2, 0.25) is 10.0 Å². The number of rotatable bonds is 4. The van der Waals surface area contributed by atoms with Crippen molar-refractivity contribution in [1.82, 2.24) is 0 Å². The minimum absolute atomic E-state index is 0.460. The monoisotopic (exact) mass is 347 g/mol. The molecule has 0 aliphatic carbocycles. The third-order valence-corrected chi connectivity index (χ3v) is 3.89. The second-order valence-corrected chi connectivity index (χ2v) is 6.25. The van der Waals surface area contributed by atoms with E-state index in [1.165, 1.54) is 0 Å². The van der Waals surface area contributed by atoms with E-state index in [1.54, 1.807) is 0 Å². The number of ether oxygens (including phenoxy) is 1. The molecule has 0 aliphatic heterocycles. The van der Waals surface area contributed by atoms with Crippen LogP contribution in [0.15, 0.2) is 12.1 Å². The molecule has 0 fully saturated rings. The Balaban J connectivity index is 3.57. The van der Waals surface area contributed by atoms with Gasteiger partial charge in [-0.05, 0) is 12.1 Å². The number of nitrogens with zero attached hydrogens (tertiary/aromatic N) is 1. The van der Waals surface area contributed by atoms with Gasteiger partial charge < -0.3 is 9.84 Å². The molecule has 0 bridgehead atoms. The maximum Gasteiger partial charge on any atom is 0.573 e. The molecule has 11 heteroatoms. The van der Waals surface area contributed by atoms with Crippen LogP contribution in [0.4, 0.5) is 18.9 Å². The Hall–Kier alpha value is -1.68. The SMILES string of the molecule is CN(c1c(C(=O)O)ccc(OC(F)(F)F)c1Cl)S(C)(=O)=O. The van der Waals surface area contributed by atoms with Crippen LogP contribution >= 0.6 is 11.6 Å². The van der Waals surface area contributed by atoms with Gasteiger partial charge >= 0.3 is 12.3 Å². The average Bonchev–Trinajstić information content (AvgIpc) is 2.27. The molecule has 1 rings (SSSR count). The van der Waals surface area contributed by atoms with Gasteiger partial charge in [-0.1, -0.05) is 11.6 Å². The van der Waals surface area contributed by atoms with E-state index in [0.717, 1.165) is 19.4 Å². The zero-order valence-electron chi connectivity index (χ0n) is 10.6. The fourth-order valence-electron chi connectivity index (χ4n) is 1.40. The number of hydrogen-bond donors (Lipinski definition) is 1. The number of benzene rings is 1. The van der Waals surface area contributed by atoms with Crippen molar-refractivity contribution in [2.75, 3.05) is 17.6 Å². The quantitative estimate of drug-likeness (QED) is 0.903. The van der Waals surface area contributed by atoms with Gasteiger partial charge in [-0.25, -0.2) is 13.2 Å². The maximum atomic E-state index is 12.2. The number of aromatic carboxylic acids is 1. The summed E-state index contributed by atoms with van der Waals surface area (Å²) < 4.78 is 63.7. The van der Waals surface area contributed by atoms with Gasteiger partial charge in [-0.3, -0.25) is 4.31 Å². The molecule has 118 valence electrons. The van der Waals surface area contributed by atoms with Gasteiger partial charge in [0.15, 0.2) is 0 Å². The number of alkyl halides is 3. The van der Waals surface area contributed by atoms with Crippen LogP contribution in [0.2, 0.25) is 5.02 Å². The first-order valence-corrected chi connectivity index (χ1v) is 7.32. The van der Waals surface area contributed by atoms with Crippen LogP contribution in [0, 0.1) is 0 Å². The van der Waals surface area contributed by atoms with E-state index in [1.807, 2.05) is 0 Å². The molecule has 0 heterocycles. The lowest BCUT2D eigenvalue weighted by Gasteiger charge is -2.22. The molecular weight excluding hydrogens is 339 g/mol. The van der Waals surface area contributed by atoms with E-state index in [4.69, 9.17) is 16.7 Å². The van der Waals surface area contributed by atoms with Crippen molar-refractivity contribution in [3.8, 4) is 5.75 Å². The smallest absolute Gasteiger partial charge is 0.478 e. The number of hydrogen-bond acceptors (Lipinski definition) is 4. The van der Waals surface area contributed by atoms with Gasteiger partial charge in [0.25, 0.3) is 0 Å². The number of carboxylic acids is 1. The van der Waals surface area contributed by atoms with Crippen molar-refractivity contribution >= 4 is 33.3 Å². The molecule has 1 aromatic rings. The van der Waals surface area contributed by atoms with E-state index in [0.29, 0.717) is 10.4 Å². The summed E-state index contributed by atoms with van der Waals surface area (Å²) in [7, 11) is -2.99. The molecule has 1 aromatic carbocycles. The molecule has 0 aliphatic rings. The first-order chi connectivity index (χ1) is 9.34. The van der Waals surface area contributed by atoms with Crippen LogP contribution in [0.3, 0.4) is 0 Å². The lowest BCUT2D eigenvalue weighted by Crippen LogP contribution is -2.27. The predicted octanol–water partition coefficient (Wildman–Crippen LogP) is 2.33. The van der Waals surface area contributed by atoms with E-state index < -0.39 is 44.4 Å². The topological polar surface area (TPSA) is 83.9 Å². The van der Waals surface area contributed by atoms with E-state index in [9.17, 15) is 26.4 Å². The zero-order valence-corrected chi connectivity index (χ0v) is 12.2. The fraction of sp³-hybridized carbons (Fsp3) is 0.300. The number of halogens is 4.